The molecule has 4 nitrogen and oxygen atoms in total. The summed E-state index contributed by atoms with van der Waals surface area (Å²) in [5, 5.41) is 9.67. The average molecular weight is 174 g/mol. The normalized spacial score (nSPS) is 25.2. The first-order valence-corrected chi connectivity index (χ1v) is 4.36. The Morgan fingerprint density at radius 1 is 1.50 bits per heavy atom. The molecule has 1 aliphatic rings. The van der Waals surface area contributed by atoms with Crippen LogP contribution in [-0.2, 0) is 4.74 Å². The predicted molar refractivity (Wildman–Crippen MR) is 46.9 cm³/mol. The van der Waals surface area contributed by atoms with E-state index in [1.54, 1.807) is 6.92 Å². The molecule has 12 heavy (non-hydrogen) atoms. The molecule has 0 aromatic heterocycles. The van der Waals surface area contributed by atoms with E-state index in [-0.39, 0.29) is 0 Å². The highest BCUT2D eigenvalue weighted by atomic mass is 16.5. The van der Waals surface area contributed by atoms with Crippen molar-refractivity contribution < 1.29 is 9.84 Å². The molecule has 1 atom stereocenters. The molecule has 1 aliphatic heterocycles. The van der Waals surface area contributed by atoms with Crippen LogP contribution in [0, 0.1) is 0 Å². The van der Waals surface area contributed by atoms with Gasteiger partial charge in [0.15, 0.2) is 0 Å². The van der Waals surface area contributed by atoms with Gasteiger partial charge in [0, 0.05) is 26.2 Å². The van der Waals surface area contributed by atoms with Crippen molar-refractivity contribution in [2.45, 2.75) is 12.5 Å². The van der Waals surface area contributed by atoms with Gasteiger partial charge in [-0.15, -0.1) is 0 Å². The van der Waals surface area contributed by atoms with Crippen LogP contribution in [0.3, 0.4) is 0 Å². The van der Waals surface area contributed by atoms with Gasteiger partial charge in [0.1, 0.15) is 0 Å². The molecule has 72 valence electrons. The molecule has 4 heteroatoms. The Morgan fingerprint density at radius 2 is 2.08 bits per heavy atom. The van der Waals surface area contributed by atoms with E-state index in [4.69, 9.17) is 10.5 Å². The fourth-order valence-corrected chi connectivity index (χ4v) is 1.31. The number of hydrogen-bond donors (Lipinski definition) is 2. The van der Waals surface area contributed by atoms with E-state index in [2.05, 4.69) is 4.90 Å². The van der Waals surface area contributed by atoms with Crippen molar-refractivity contribution in [3.05, 3.63) is 0 Å². The van der Waals surface area contributed by atoms with E-state index < -0.39 is 5.60 Å². The summed E-state index contributed by atoms with van der Waals surface area (Å²) < 4.78 is 5.19. The molecule has 0 aromatic carbocycles. The number of morpholine rings is 1. The summed E-state index contributed by atoms with van der Waals surface area (Å²) in [6.45, 7) is 6.05. The molecular formula is C8H18N2O2. The lowest BCUT2D eigenvalue weighted by Gasteiger charge is -2.32. The van der Waals surface area contributed by atoms with Gasteiger partial charge in [-0.1, -0.05) is 0 Å². The number of ether oxygens (including phenoxy) is 1. The molecule has 0 spiro atoms. The second-order valence-corrected chi connectivity index (χ2v) is 3.59. The predicted octanol–water partition coefficient (Wildman–Crippen LogP) is -0.972. The molecule has 0 bridgehead atoms. The molecule has 0 radical (unpaired) electrons. The van der Waals surface area contributed by atoms with E-state index in [1.807, 2.05) is 0 Å². The van der Waals surface area contributed by atoms with Gasteiger partial charge < -0.3 is 15.6 Å². The van der Waals surface area contributed by atoms with Gasteiger partial charge in [-0.05, 0) is 6.92 Å². The average Bonchev–Trinajstić information content (AvgIpc) is 2.06. The maximum absolute atomic E-state index is 9.67. The highest BCUT2D eigenvalue weighted by Gasteiger charge is 2.23. The molecule has 0 saturated carbocycles. The lowest BCUT2D eigenvalue weighted by molar-refractivity contribution is -0.0181. The van der Waals surface area contributed by atoms with Crippen LogP contribution in [0.2, 0.25) is 0 Å². The zero-order chi connectivity index (χ0) is 9.03. The van der Waals surface area contributed by atoms with Gasteiger partial charge in [0.2, 0.25) is 0 Å². The molecule has 0 aromatic rings. The van der Waals surface area contributed by atoms with Crippen molar-refractivity contribution in [1.29, 1.82) is 0 Å². The quantitative estimate of drug-likeness (QED) is 0.578. The smallest absolute Gasteiger partial charge is 0.0867 e. The van der Waals surface area contributed by atoms with E-state index in [9.17, 15) is 5.11 Å². The molecular weight excluding hydrogens is 156 g/mol. The van der Waals surface area contributed by atoms with Crippen molar-refractivity contribution >= 4 is 0 Å². The Morgan fingerprint density at radius 3 is 2.58 bits per heavy atom. The monoisotopic (exact) mass is 174 g/mol. The molecule has 0 amide bonds. The Kier molecular flexibility index (Phi) is 3.46. The summed E-state index contributed by atoms with van der Waals surface area (Å²) in [5.74, 6) is 0. The maximum atomic E-state index is 9.67. The topological polar surface area (TPSA) is 58.7 Å². The maximum Gasteiger partial charge on any atom is 0.0867 e. The Balaban J connectivity index is 2.28. The van der Waals surface area contributed by atoms with Gasteiger partial charge in [-0.25, -0.2) is 0 Å². The summed E-state index contributed by atoms with van der Waals surface area (Å²) in [4.78, 5) is 2.18. The Bertz CT molecular complexity index is 133. The minimum atomic E-state index is -0.753. The van der Waals surface area contributed by atoms with Crippen molar-refractivity contribution in [2.75, 3.05) is 39.4 Å². The first-order valence-electron chi connectivity index (χ1n) is 4.36. The molecule has 0 aliphatic carbocycles. The second-order valence-electron chi connectivity index (χ2n) is 3.59. The molecule has 3 N–H and O–H groups in total. The zero-order valence-electron chi connectivity index (χ0n) is 7.62. The zero-order valence-corrected chi connectivity index (χ0v) is 7.62. The van der Waals surface area contributed by atoms with Gasteiger partial charge in [0.25, 0.3) is 0 Å². The second kappa shape index (κ2) is 4.18. The van der Waals surface area contributed by atoms with Crippen molar-refractivity contribution in [3.63, 3.8) is 0 Å². The Labute approximate surface area is 73.3 Å². The largest absolute Gasteiger partial charge is 0.388 e. The summed E-state index contributed by atoms with van der Waals surface area (Å²) in [6.07, 6.45) is 0. The third kappa shape index (κ3) is 3.06. The highest BCUT2D eigenvalue weighted by molar-refractivity contribution is 4.79. The first kappa shape index (κ1) is 9.92. The van der Waals surface area contributed by atoms with Crippen LogP contribution in [0.4, 0.5) is 0 Å². The lowest BCUT2D eigenvalue weighted by Crippen LogP contribution is -2.49. The third-order valence-corrected chi connectivity index (χ3v) is 2.11. The first-order chi connectivity index (χ1) is 5.64. The van der Waals surface area contributed by atoms with Crippen LogP contribution in [0.1, 0.15) is 6.92 Å². The summed E-state index contributed by atoms with van der Waals surface area (Å²) >= 11 is 0. The van der Waals surface area contributed by atoms with E-state index in [0.717, 1.165) is 26.3 Å². The summed E-state index contributed by atoms with van der Waals surface area (Å²) in [7, 11) is 0. The fraction of sp³-hybridized carbons (Fsp3) is 1.00. The number of nitrogens with zero attached hydrogens (tertiary/aromatic N) is 1. The van der Waals surface area contributed by atoms with Crippen LogP contribution in [0.5, 0.6) is 0 Å². The van der Waals surface area contributed by atoms with Crippen molar-refractivity contribution in [3.8, 4) is 0 Å². The molecule has 1 saturated heterocycles. The van der Waals surface area contributed by atoms with E-state index in [1.165, 1.54) is 0 Å². The van der Waals surface area contributed by atoms with Crippen molar-refractivity contribution in [2.24, 2.45) is 5.73 Å². The van der Waals surface area contributed by atoms with Crippen molar-refractivity contribution in [1.82, 2.24) is 4.90 Å². The number of nitrogens with two attached hydrogens (primary N) is 1. The lowest BCUT2D eigenvalue weighted by atomic mass is 10.1. The number of aliphatic hydroxyl groups is 1. The van der Waals surface area contributed by atoms with Crippen LogP contribution in [0.25, 0.3) is 0 Å². The van der Waals surface area contributed by atoms with Crippen LogP contribution in [0.15, 0.2) is 0 Å². The number of β-amino-alcohol motifs (C(OH)–C–C–N with tert-alkyl or cyclic N) is 1. The number of rotatable bonds is 3. The highest BCUT2D eigenvalue weighted by Crippen LogP contribution is 2.06. The van der Waals surface area contributed by atoms with Crippen LogP contribution in [-0.4, -0.2) is 55.0 Å². The third-order valence-electron chi connectivity index (χ3n) is 2.11. The summed E-state index contributed by atoms with van der Waals surface area (Å²) in [5.41, 5.74) is 4.66. The van der Waals surface area contributed by atoms with Crippen LogP contribution < -0.4 is 5.73 Å². The SMILES string of the molecule is C[C@](O)(CN)CN1CCOCC1. The molecule has 1 fully saturated rings. The summed E-state index contributed by atoms with van der Waals surface area (Å²) in [6, 6.07) is 0. The molecule has 1 heterocycles. The number of hydrogen-bond acceptors (Lipinski definition) is 4. The minimum Gasteiger partial charge on any atom is -0.388 e. The van der Waals surface area contributed by atoms with Gasteiger partial charge in [0.05, 0.1) is 18.8 Å². The molecule has 0 unspecified atom stereocenters. The van der Waals surface area contributed by atoms with E-state index in [0.29, 0.717) is 13.1 Å². The molecule has 1 rings (SSSR count). The van der Waals surface area contributed by atoms with Gasteiger partial charge in [-0.3, -0.25) is 4.90 Å². The minimum absolute atomic E-state index is 0.310. The standard InChI is InChI=1S/C8H18N2O2/c1-8(11,6-9)7-10-2-4-12-5-3-10/h11H,2-7,9H2,1H3/t8-/m0/s1. The fourth-order valence-electron chi connectivity index (χ4n) is 1.31. The Hall–Kier alpha value is -0.160. The van der Waals surface area contributed by atoms with Crippen LogP contribution >= 0.6 is 0 Å². The van der Waals surface area contributed by atoms with E-state index >= 15 is 0 Å². The van der Waals surface area contributed by atoms with Gasteiger partial charge in [-0.2, -0.15) is 0 Å². The van der Waals surface area contributed by atoms with Gasteiger partial charge >= 0.3 is 0 Å².